The van der Waals surface area contributed by atoms with E-state index in [-0.39, 0.29) is 11.6 Å². The van der Waals surface area contributed by atoms with Gasteiger partial charge in [0.25, 0.3) is 11.8 Å². The second-order valence-electron chi connectivity index (χ2n) is 3.70. The third-order valence-corrected chi connectivity index (χ3v) is 2.55. The van der Waals surface area contributed by atoms with Gasteiger partial charge in [-0.05, 0) is 18.9 Å². The van der Waals surface area contributed by atoms with Crippen molar-refractivity contribution in [3.05, 3.63) is 29.6 Å². The van der Waals surface area contributed by atoms with Gasteiger partial charge in [0.2, 0.25) is 0 Å². The van der Waals surface area contributed by atoms with Crippen LogP contribution in [0.4, 0.5) is 0 Å². The van der Waals surface area contributed by atoms with Crippen molar-refractivity contribution < 1.29 is 9.59 Å². The van der Waals surface area contributed by atoms with E-state index in [1.807, 2.05) is 0 Å². The number of carbonyl (C=O) groups excluding carboxylic acids is 2. The molecule has 2 heterocycles. The summed E-state index contributed by atoms with van der Waals surface area (Å²) < 4.78 is 0. The van der Waals surface area contributed by atoms with Crippen LogP contribution in [-0.4, -0.2) is 34.8 Å². The van der Waals surface area contributed by atoms with Crippen molar-refractivity contribution in [1.29, 1.82) is 0 Å². The van der Waals surface area contributed by atoms with Crippen LogP contribution in [-0.2, 0) is 0 Å². The van der Waals surface area contributed by atoms with Gasteiger partial charge in [-0.25, -0.2) is 0 Å². The van der Waals surface area contributed by atoms with E-state index in [2.05, 4.69) is 11.1 Å². The molecule has 0 aromatic carbocycles. The number of aromatic nitrogens is 1. The maximum atomic E-state index is 11.9. The highest BCUT2D eigenvalue weighted by atomic mass is 16.2. The number of hydrogen-bond donors (Lipinski definition) is 1. The summed E-state index contributed by atoms with van der Waals surface area (Å²) in [6, 6.07) is 4.19. The molecule has 1 radical (unpaired) electrons. The van der Waals surface area contributed by atoms with Gasteiger partial charge in [0.15, 0.2) is 0 Å². The molecule has 0 aliphatic carbocycles. The second kappa shape index (κ2) is 4.30. The molecule has 1 saturated heterocycles. The smallest absolute Gasteiger partial charge is 0.267 e. The average molecular weight is 218 g/mol. The number of hydrogen-bond acceptors (Lipinski definition) is 3. The van der Waals surface area contributed by atoms with Gasteiger partial charge in [-0.15, -0.1) is 0 Å². The highest BCUT2D eigenvalue weighted by Crippen LogP contribution is 2.12. The van der Waals surface area contributed by atoms with Crippen LogP contribution in [0.15, 0.2) is 12.3 Å². The standard InChI is InChI=1S/C11H12N3O2/c12-10(15)9-7-8(3-4-13-9)11(16)14-5-1-2-6-14/h3-4H,1-2,5-6H2,(H2,12,15). The van der Waals surface area contributed by atoms with Crippen LogP contribution in [0.3, 0.4) is 0 Å². The Kier molecular flexibility index (Phi) is 2.85. The highest BCUT2D eigenvalue weighted by molar-refractivity contribution is 5.97. The lowest BCUT2D eigenvalue weighted by molar-refractivity contribution is 0.0792. The third kappa shape index (κ3) is 2.03. The van der Waals surface area contributed by atoms with Crippen LogP contribution in [0.25, 0.3) is 0 Å². The van der Waals surface area contributed by atoms with Crippen LogP contribution >= 0.6 is 0 Å². The zero-order valence-electron chi connectivity index (χ0n) is 8.77. The molecule has 1 fully saturated rings. The molecule has 2 N–H and O–H groups in total. The Morgan fingerprint density at radius 1 is 1.38 bits per heavy atom. The molecule has 16 heavy (non-hydrogen) atoms. The Labute approximate surface area is 93.3 Å². The molecule has 0 atom stereocenters. The molecular weight excluding hydrogens is 206 g/mol. The van der Waals surface area contributed by atoms with Gasteiger partial charge < -0.3 is 10.6 Å². The van der Waals surface area contributed by atoms with E-state index in [0.29, 0.717) is 5.56 Å². The molecule has 83 valence electrons. The fraction of sp³-hybridized carbons (Fsp3) is 0.364. The first kappa shape index (κ1) is 10.6. The normalized spacial score (nSPS) is 15.1. The summed E-state index contributed by atoms with van der Waals surface area (Å²) in [7, 11) is 0. The number of rotatable bonds is 2. The van der Waals surface area contributed by atoms with E-state index in [9.17, 15) is 9.59 Å². The van der Waals surface area contributed by atoms with Gasteiger partial charge >= 0.3 is 0 Å². The lowest BCUT2D eigenvalue weighted by atomic mass is 10.2. The minimum absolute atomic E-state index is 0.00467. The Hall–Kier alpha value is -1.91. The Morgan fingerprint density at radius 3 is 2.69 bits per heavy atom. The third-order valence-electron chi connectivity index (χ3n) is 2.55. The van der Waals surface area contributed by atoms with Gasteiger partial charge in [-0.3, -0.25) is 14.6 Å². The lowest BCUT2D eigenvalue weighted by Gasteiger charge is -2.14. The molecular formula is C11H12N3O2. The van der Waals surface area contributed by atoms with Crippen molar-refractivity contribution in [3.8, 4) is 0 Å². The summed E-state index contributed by atoms with van der Waals surface area (Å²) in [5, 5.41) is 0. The number of nitrogens with two attached hydrogens (primary N) is 1. The van der Waals surface area contributed by atoms with E-state index in [0.717, 1.165) is 25.9 Å². The first-order valence-electron chi connectivity index (χ1n) is 5.16. The minimum atomic E-state index is -0.670. The van der Waals surface area contributed by atoms with E-state index >= 15 is 0 Å². The fourth-order valence-electron chi connectivity index (χ4n) is 1.73. The van der Waals surface area contributed by atoms with Crippen molar-refractivity contribution in [2.24, 2.45) is 5.73 Å². The molecule has 2 rings (SSSR count). The molecule has 5 nitrogen and oxygen atoms in total. The quantitative estimate of drug-likeness (QED) is 0.771. The predicted octanol–water partition coefficient (Wildman–Crippen LogP) is 0.217. The van der Waals surface area contributed by atoms with E-state index in [1.54, 1.807) is 11.0 Å². The molecule has 0 spiro atoms. The van der Waals surface area contributed by atoms with Gasteiger partial charge in [-0.1, -0.05) is 0 Å². The van der Waals surface area contributed by atoms with Gasteiger partial charge in [0, 0.05) is 25.4 Å². The average Bonchev–Trinajstić information content (AvgIpc) is 2.81. The summed E-state index contributed by atoms with van der Waals surface area (Å²) in [5.41, 5.74) is 5.44. The maximum Gasteiger partial charge on any atom is 0.267 e. The van der Waals surface area contributed by atoms with Crippen molar-refractivity contribution in [1.82, 2.24) is 9.88 Å². The number of pyridine rings is 1. The van der Waals surface area contributed by atoms with E-state index in [1.165, 1.54) is 6.20 Å². The maximum absolute atomic E-state index is 11.9. The summed E-state index contributed by atoms with van der Waals surface area (Å²) >= 11 is 0. The van der Waals surface area contributed by atoms with Crippen molar-refractivity contribution in [2.45, 2.75) is 12.8 Å². The van der Waals surface area contributed by atoms with Crippen LogP contribution in [0.1, 0.15) is 33.7 Å². The fourth-order valence-corrected chi connectivity index (χ4v) is 1.73. The molecule has 0 bridgehead atoms. The number of carbonyl (C=O) groups is 2. The second-order valence-corrected chi connectivity index (χ2v) is 3.70. The zero-order chi connectivity index (χ0) is 11.5. The van der Waals surface area contributed by atoms with Gasteiger partial charge in [-0.2, -0.15) is 0 Å². The molecule has 1 aromatic heterocycles. The number of nitrogens with zero attached hydrogens (tertiary/aromatic N) is 2. The van der Waals surface area contributed by atoms with Crippen molar-refractivity contribution in [2.75, 3.05) is 13.1 Å². The van der Waals surface area contributed by atoms with E-state index < -0.39 is 5.91 Å². The van der Waals surface area contributed by atoms with Gasteiger partial charge in [0.05, 0.1) is 5.56 Å². The Balaban J connectivity index is 2.22. The Bertz CT molecular complexity index is 425. The molecule has 1 aliphatic heterocycles. The summed E-state index contributed by atoms with van der Waals surface area (Å²) in [4.78, 5) is 28.3. The first-order chi connectivity index (χ1) is 7.68. The molecule has 0 saturated carbocycles. The summed E-state index contributed by atoms with van der Waals surface area (Å²) in [6.07, 6.45) is 3.46. The topological polar surface area (TPSA) is 76.3 Å². The summed E-state index contributed by atoms with van der Waals surface area (Å²) in [5.74, 6) is -0.779. The van der Waals surface area contributed by atoms with Crippen molar-refractivity contribution >= 4 is 11.8 Å². The molecule has 5 heteroatoms. The number of amides is 2. The van der Waals surface area contributed by atoms with Crippen LogP contribution in [0.2, 0.25) is 0 Å². The largest absolute Gasteiger partial charge is 0.364 e. The highest BCUT2D eigenvalue weighted by Gasteiger charge is 2.20. The van der Waals surface area contributed by atoms with Crippen LogP contribution in [0.5, 0.6) is 0 Å². The molecule has 0 unspecified atom stereocenters. The Morgan fingerprint density at radius 2 is 2.06 bits per heavy atom. The summed E-state index contributed by atoms with van der Waals surface area (Å²) in [6.45, 7) is 1.53. The van der Waals surface area contributed by atoms with Crippen molar-refractivity contribution in [3.63, 3.8) is 0 Å². The molecule has 1 aromatic rings. The molecule has 1 aliphatic rings. The molecule has 2 amide bonds. The monoisotopic (exact) mass is 218 g/mol. The minimum Gasteiger partial charge on any atom is -0.364 e. The van der Waals surface area contributed by atoms with Crippen LogP contribution < -0.4 is 5.73 Å². The lowest BCUT2D eigenvalue weighted by Crippen LogP contribution is -2.28. The number of likely N-dealkylation sites (tertiary alicyclic amines) is 1. The predicted molar refractivity (Wildman–Crippen MR) is 56.7 cm³/mol. The number of primary amides is 1. The van der Waals surface area contributed by atoms with Gasteiger partial charge in [0.1, 0.15) is 5.69 Å². The SMILES string of the molecule is NC(=O)c1[c]c(C(=O)N2CCCC2)ccn1. The van der Waals surface area contributed by atoms with E-state index in [4.69, 9.17) is 5.73 Å². The first-order valence-corrected chi connectivity index (χ1v) is 5.16. The van der Waals surface area contributed by atoms with Crippen LogP contribution in [0, 0.1) is 6.07 Å². The zero-order valence-corrected chi connectivity index (χ0v) is 8.77.